The lowest BCUT2D eigenvalue weighted by Crippen LogP contribution is -2.43. The van der Waals surface area contributed by atoms with Gasteiger partial charge in [0, 0.05) is 18.5 Å². The van der Waals surface area contributed by atoms with Gasteiger partial charge in [-0.3, -0.25) is 0 Å². The Labute approximate surface area is 128 Å². The first kappa shape index (κ1) is 17.6. The summed E-state index contributed by atoms with van der Waals surface area (Å²) >= 11 is 1.87. The molecule has 116 valence electrons. The average molecular weight is 298 g/mol. The van der Waals surface area contributed by atoms with E-state index in [9.17, 15) is 0 Å². The van der Waals surface area contributed by atoms with E-state index in [2.05, 4.69) is 33.0 Å². The van der Waals surface area contributed by atoms with Gasteiger partial charge in [0.05, 0.1) is 17.8 Å². The van der Waals surface area contributed by atoms with Crippen LogP contribution in [0.2, 0.25) is 0 Å². The highest BCUT2D eigenvalue weighted by Gasteiger charge is 2.33. The fraction of sp³-hybridized carbons (Fsp3) is 0.812. The lowest BCUT2D eigenvalue weighted by atomic mass is 9.89. The molecule has 0 atom stereocenters. The number of hydrogen-bond acceptors (Lipinski definition) is 4. The van der Waals surface area contributed by atoms with Gasteiger partial charge < -0.3 is 10.1 Å². The molecule has 0 spiro atoms. The Hall–Kier alpha value is -0.450. The summed E-state index contributed by atoms with van der Waals surface area (Å²) in [7, 11) is 1.76. The molecule has 1 aromatic heterocycles. The Morgan fingerprint density at radius 3 is 2.30 bits per heavy atom. The minimum absolute atomic E-state index is 0.0326. The molecule has 1 heterocycles. The molecule has 1 rings (SSSR count). The Morgan fingerprint density at radius 1 is 1.20 bits per heavy atom. The monoisotopic (exact) mass is 298 g/mol. The molecule has 1 N–H and O–H groups in total. The van der Waals surface area contributed by atoms with E-state index in [1.807, 2.05) is 11.3 Å². The smallest absolute Gasteiger partial charge is 0.113 e. The standard InChI is InChI=1S/C16H30N2OS/c1-6-9-16(10-7-2,17-11-12-19-5)15-18-14(8-3)13(4)20-15/h17H,6-12H2,1-5H3. The van der Waals surface area contributed by atoms with Crippen LogP contribution in [-0.4, -0.2) is 25.2 Å². The van der Waals surface area contributed by atoms with Crippen molar-refractivity contribution in [1.29, 1.82) is 0 Å². The molecule has 0 aliphatic carbocycles. The first-order valence-electron chi connectivity index (χ1n) is 7.84. The molecule has 0 aromatic carbocycles. The summed E-state index contributed by atoms with van der Waals surface area (Å²) in [5, 5.41) is 5.01. The number of hydrogen-bond donors (Lipinski definition) is 1. The van der Waals surface area contributed by atoms with E-state index in [1.165, 1.54) is 28.4 Å². The molecule has 0 radical (unpaired) electrons. The number of thiazole rings is 1. The summed E-state index contributed by atoms with van der Waals surface area (Å²) in [6.07, 6.45) is 5.64. The number of aromatic nitrogens is 1. The molecule has 0 fully saturated rings. The van der Waals surface area contributed by atoms with Crippen LogP contribution in [0.15, 0.2) is 0 Å². The Balaban J connectivity index is 3.03. The highest BCUT2D eigenvalue weighted by molar-refractivity contribution is 7.11. The third-order valence-corrected chi connectivity index (χ3v) is 4.98. The first-order valence-corrected chi connectivity index (χ1v) is 8.65. The van der Waals surface area contributed by atoms with Crippen LogP contribution in [0.1, 0.15) is 62.0 Å². The fourth-order valence-electron chi connectivity index (χ4n) is 2.80. The van der Waals surface area contributed by atoms with Gasteiger partial charge in [-0.25, -0.2) is 4.98 Å². The zero-order valence-electron chi connectivity index (χ0n) is 13.7. The van der Waals surface area contributed by atoms with Crippen molar-refractivity contribution in [3.63, 3.8) is 0 Å². The van der Waals surface area contributed by atoms with Crippen molar-refractivity contribution in [3.05, 3.63) is 15.6 Å². The Kier molecular flexibility index (Phi) is 7.70. The topological polar surface area (TPSA) is 34.1 Å². The van der Waals surface area contributed by atoms with E-state index >= 15 is 0 Å². The molecule has 0 amide bonds. The number of methoxy groups -OCH3 is 1. The zero-order valence-corrected chi connectivity index (χ0v) is 14.5. The van der Waals surface area contributed by atoms with Gasteiger partial charge in [-0.2, -0.15) is 0 Å². The number of ether oxygens (including phenoxy) is 1. The Morgan fingerprint density at radius 2 is 1.85 bits per heavy atom. The minimum atomic E-state index is 0.0326. The highest BCUT2D eigenvalue weighted by atomic mass is 32.1. The van der Waals surface area contributed by atoms with Gasteiger partial charge in [-0.05, 0) is 26.2 Å². The highest BCUT2D eigenvalue weighted by Crippen LogP contribution is 2.35. The fourth-order valence-corrected chi connectivity index (χ4v) is 4.02. The van der Waals surface area contributed by atoms with Crippen molar-refractivity contribution in [1.82, 2.24) is 10.3 Å². The number of aryl methyl sites for hydroxylation is 2. The third-order valence-electron chi connectivity index (χ3n) is 3.76. The second-order valence-electron chi connectivity index (χ2n) is 5.38. The predicted molar refractivity (Wildman–Crippen MR) is 87.6 cm³/mol. The van der Waals surface area contributed by atoms with Gasteiger partial charge in [0.1, 0.15) is 5.01 Å². The lowest BCUT2D eigenvalue weighted by Gasteiger charge is -2.33. The quantitative estimate of drug-likeness (QED) is 0.662. The minimum Gasteiger partial charge on any atom is -0.383 e. The second-order valence-corrected chi connectivity index (χ2v) is 6.58. The second kappa shape index (κ2) is 8.75. The molecule has 0 aliphatic heterocycles. The predicted octanol–water partition coefficient (Wildman–Crippen LogP) is 4.05. The van der Waals surface area contributed by atoms with Gasteiger partial charge >= 0.3 is 0 Å². The van der Waals surface area contributed by atoms with Crippen LogP contribution in [0.4, 0.5) is 0 Å². The van der Waals surface area contributed by atoms with E-state index in [0.29, 0.717) is 0 Å². The maximum atomic E-state index is 5.20. The van der Waals surface area contributed by atoms with Crippen LogP contribution in [0.5, 0.6) is 0 Å². The molecule has 3 nitrogen and oxygen atoms in total. The molecule has 0 saturated carbocycles. The summed E-state index contributed by atoms with van der Waals surface area (Å²) < 4.78 is 5.20. The van der Waals surface area contributed by atoms with E-state index in [4.69, 9.17) is 9.72 Å². The van der Waals surface area contributed by atoms with Gasteiger partial charge in [0.15, 0.2) is 0 Å². The summed E-state index contributed by atoms with van der Waals surface area (Å²) in [6, 6.07) is 0. The van der Waals surface area contributed by atoms with Crippen molar-refractivity contribution in [2.45, 2.75) is 65.3 Å². The molecule has 20 heavy (non-hydrogen) atoms. The molecular weight excluding hydrogens is 268 g/mol. The van der Waals surface area contributed by atoms with E-state index in [0.717, 1.165) is 32.4 Å². The van der Waals surface area contributed by atoms with Crippen molar-refractivity contribution in [3.8, 4) is 0 Å². The maximum Gasteiger partial charge on any atom is 0.113 e. The molecule has 1 aromatic rings. The van der Waals surface area contributed by atoms with Gasteiger partial charge in [0.2, 0.25) is 0 Å². The van der Waals surface area contributed by atoms with E-state index in [-0.39, 0.29) is 5.54 Å². The van der Waals surface area contributed by atoms with Crippen LogP contribution < -0.4 is 5.32 Å². The van der Waals surface area contributed by atoms with E-state index in [1.54, 1.807) is 7.11 Å². The zero-order chi connectivity index (χ0) is 15.0. The molecule has 0 saturated heterocycles. The van der Waals surface area contributed by atoms with E-state index < -0.39 is 0 Å². The van der Waals surface area contributed by atoms with Gasteiger partial charge in [-0.1, -0.05) is 33.6 Å². The van der Waals surface area contributed by atoms with Crippen molar-refractivity contribution < 1.29 is 4.74 Å². The van der Waals surface area contributed by atoms with Crippen LogP contribution in [0.25, 0.3) is 0 Å². The number of nitrogens with zero attached hydrogens (tertiary/aromatic N) is 1. The van der Waals surface area contributed by atoms with Crippen LogP contribution in [0, 0.1) is 6.92 Å². The summed E-state index contributed by atoms with van der Waals surface area (Å²) in [5.74, 6) is 0. The average Bonchev–Trinajstić information content (AvgIpc) is 2.81. The Bertz CT molecular complexity index is 384. The maximum absolute atomic E-state index is 5.20. The normalized spacial score (nSPS) is 12.1. The van der Waals surface area contributed by atoms with Crippen LogP contribution in [-0.2, 0) is 16.7 Å². The van der Waals surface area contributed by atoms with Crippen LogP contribution >= 0.6 is 11.3 Å². The largest absolute Gasteiger partial charge is 0.383 e. The van der Waals surface area contributed by atoms with Gasteiger partial charge in [0.25, 0.3) is 0 Å². The lowest BCUT2D eigenvalue weighted by molar-refractivity contribution is 0.176. The summed E-state index contributed by atoms with van der Waals surface area (Å²) in [4.78, 5) is 6.30. The van der Waals surface area contributed by atoms with Crippen molar-refractivity contribution in [2.75, 3.05) is 20.3 Å². The molecule has 0 bridgehead atoms. The van der Waals surface area contributed by atoms with Crippen molar-refractivity contribution in [2.24, 2.45) is 0 Å². The number of nitrogens with one attached hydrogen (secondary N) is 1. The number of rotatable bonds is 10. The third kappa shape index (κ3) is 4.27. The molecule has 4 heteroatoms. The van der Waals surface area contributed by atoms with Crippen LogP contribution in [0.3, 0.4) is 0 Å². The van der Waals surface area contributed by atoms with Crippen molar-refractivity contribution >= 4 is 11.3 Å². The SMILES string of the molecule is CCCC(CCC)(NCCOC)c1nc(CC)c(C)s1. The molecule has 0 aliphatic rings. The summed E-state index contributed by atoms with van der Waals surface area (Å²) in [6.45, 7) is 10.5. The molecule has 0 unspecified atom stereocenters. The summed E-state index contributed by atoms with van der Waals surface area (Å²) in [5.41, 5.74) is 1.29. The molecular formula is C16H30N2OS. The van der Waals surface area contributed by atoms with Gasteiger partial charge in [-0.15, -0.1) is 11.3 Å². The first-order chi connectivity index (χ1) is 9.63.